The fourth-order valence-electron chi connectivity index (χ4n) is 3.05. The highest BCUT2D eigenvalue weighted by Gasteiger charge is 2.51. The Morgan fingerprint density at radius 3 is 2.55 bits per heavy atom. The molecule has 0 amide bonds. The number of esters is 1. The molecule has 4 bridgehead atoms. The van der Waals surface area contributed by atoms with Crippen molar-refractivity contribution in [2.75, 3.05) is 0 Å². The van der Waals surface area contributed by atoms with Crippen molar-refractivity contribution >= 4 is 5.97 Å². The summed E-state index contributed by atoms with van der Waals surface area (Å²) in [6.45, 7) is 0. The van der Waals surface area contributed by atoms with Crippen molar-refractivity contribution in [3.05, 3.63) is 0 Å². The van der Waals surface area contributed by atoms with Crippen LogP contribution in [0.25, 0.3) is 0 Å². The van der Waals surface area contributed by atoms with Gasteiger partial charge in [0.15, 0.2) is 0 Å². The molecule has 2 heteroatoms. The fraction of sp³-hybridized carbons (Fsp3) is 0.889. The quantitative estimate of drug-likeness (QED) is 0.490. The lowest BCUT2D eigenvalue weighted by molar-refractivity contribution is -0.192. The molecule has 4 atom stereocenters. The van der Waals surface area contributed by atoms with Crippen LogP contribution in [-0.4, -0.2) is 12.1 Å². The van der Waals surface area contributed by atoms with Crippen LogP contribution in [0.1, 0.15) is 25.7 Å². The Bertz CT molecular complexity index is 212. The molecule has 0 N–H and O–H groups in total. The predicted molar refractivity (Wildman–Crippen MR) is 38.8 cm³/mol. The van der Waals surface area contributed by atoms with Gasteiger partial charge in [-0.3, -0.25) is 4.79 Å². The smallest absolute Gasteiger partial charge is 0.309 e. The highest BCUT2D eigenvalue weighted by Crippen LogP contribution is 2.50. The van der Waals surface area contributed by atoms with E-state index in [4.69, 9.17) is 4.74 Å². The predicted octanol–water partition coefficient (Wildman–Crippen LogP) is 1.35. The normalized spacial score (nSPS) is 52.9. The van der Waals surface area contributed by atoms with Gasteiger partial charge in [-0.2, -0.15) is 0 Å². The molecule has 4 unspecified atom stereocenters. The molecule has 3 saturated carbocycles. The molecule has 0 aromatic rings. The third-order valence-electron chi connectivity index (χ3n) is 3.67. The van der Waals surface area contributed by atoms with E-state index in [1.54, 1.807) is 0 Å². The Kier molecular flexibility index (Phi) is 0.984. The van der Waals surface area contributed by atoms with Gasteiger partial charge in [-0.05, 0) is 37.5 Å². The van der Waals surface area contributed by atoms with Crippen LogP contribution >= 0.6 is 0 Å². The van der Waals surface area contributed by atoms with Gasteiger partial charge in [0.25, 0.3) is 0 Å². The SMILES string of the molecule is O=C1OC2CC3CCC2CC13. The lowest BCUT2D eigenvalue weighted by Crippen LogP contribution is -2.52. The standard InChI is InChI=1S/C9H12O2/c10-9-7-3-6-2-1-5(7)4-8(6)11-9/h5-8H,1-4H2. The summed E-state index contributed by atoms with van der Waals surface area (Å²) in [4.78, 5) is 11.2. The summed E-state index contributed by atoms with van der Waals surface area (Å²) in [5, 5.41) is 0. The van der Waals surface area contributed by atoms with E-state index in [1.807, 2.05) is 0 Å². The number of hydrogen-bond acceptors (Lipinski definition) is 2. The fourth-order valence-corrected chi connectivity index (χ4v) is 3.05. The van der Waals surface area contributed by atoms with Gasteiger partial charge in [0.1, 0.15) is 6.10 Å². The zero-order valence-electron chi connectivity index (χ0n) is 6.45. The third kappa shape index (κ3) is 0.652. The number of ether oxygens (including phenoxy) is 1. The van der Waals surface area contributed by atoms with E-state index in [0.29, 0.717) is 17.9 Å². The van der Waals surface area contributed by atoms with Crippen LogP contribution in [0.2, 0.25) is 0 Å². The molecule has 2 nitrogen and oxygen atoms in total. The van der Waals surface area contributed by atoms with E-state index in [-0.39, 0.29) is 5.97 Å². The first-order valence-corrected chi connectivity index (χ1v) is 4.55. The molecule has 5 aliphatic rings. The Balaban J connectivity index is 1.99. The molecule has 2 aliphatic heterocycles. The van der Waals surface area contributed by atoms with E-state index in [9.17, 15) is 4.79 Å². The second-order valence-electron chi connectivity index (χ2n) is 4.15. The van der Waals surface area contributed by atoms with Gasteiger partial charge >= 0.3 is 5.97 Å². The molecule has 60 valence electrons. The Labute approximate surface area is 65.9 Å². The van der Waals surface area contributed by atoms with E-state index >= 15 is 0 Å². The van der Waals surface area contributed by atoms with Crippen LogP contribution in [0, 0.1) is 17.8 Å². The van der Waals surface area contributed by atoms with E-state index in [1.165, 1.54) is 19.3 Å². The summed E-state index contributed by atoms with van der Waals surface area (Å²) in [5.41, 5.74) is 0. The summed E-state index contributed by atoms with van der Waals surface area (Å²) in [6, 6.07) is 0. The van der Waals surface area contributed by atoms with Crippen LogP contribution in [0.5, 0.6) is 0 Å². The minimum Gasteiger partial charge on any atom is -0.462 e. The Hall–Kier alpha value is -0.530. The highest BCUT2D eigenvalue weighted by molar-refractivity contribution is 5.75. The molecule has 5 fully saturated rings. The first-order chi connectivity index (χ1) is 5.34. The van der Waals surface area contributed by atoms with Crippen LogP contribution in [-0.2, 0) is 9.53 Å². The topological polar surface area (TPSA) is 26.3 Å². The number of fused-ring (bicyclic) bond motifs is 2. The third-order valence-corrected chi connectivity index (χ3v) is 3.67. The van der Waals surface area contributed by atoms with Gasteiger partial charge in [-0.1, -0.05) is 0 Å². The molecular weight excluding hydrogens is 140 g/mol. The summed E-state index contributed by atoms with van der Waals surface area (Å²) < 4.78 is 5.28. The average molecular weight is 152 g/mol. The first-order valence-electron chi connectivity index (χ1n) is 4.55. The summed E-state index contributed by atoms with van der Waals surface area (Å²) >= 11 is 0. The van der Waals surface area contributed by atoms with Gasteiger partial charge in [0.2, 0.25) is 0 Å². The number of carbonyl (C=O) groups excluding carboxylic acids is 1. The molecule has 0 spiro atoms. The summed E-state index contributed by atoms with van der Waals surface area (Å²) in [6.07, 6.45) is 5.20. The average Bonchev–Trinajstić information content (AvgIpc) is 2.05. The second kappa shape index (κ2) is 1.79. The van der Waals surface area contributed by atoms with Gasteiger partial charge < -0.3 is 4.74 Å². The number of hydrogen-bond donors (Lipinski definition) is 0. The van der Waals surface area contributed by atoms with Gasteiger partial charge in [0.05, 0.1) is 5.92 Å². The van der Waals surface area contributed by atoms with Crippen molar-refractivity contribution in [1.29, 1.82) is 0 Å². The van der Waals surface area contributed by atoms with Crippen molar-refractivity contribution in [2.45, 2.75) is 31.8 Å². The maximum absolute atomic E-state index is 11.2. The molecule has 5 rings (SSSR count). The maximum Gasteiger partial charge on any atom is 0.309 e. The number of rotatable bonds is 0. The lowest BCUT2D eigenvalue weighted by Gasteiger charge is -2.50. The largest absolute Gasteiger partial charge is 0.462 e. The van der Waals surface area contributed by atoms with Crippen molar-refractivity contribution in [1.82, 2.24) is 0 Å². The van der Waals surface area contributed by atoms with Crippen LogP contribution < -0.4 is 0 Å². The van der Waals surface area contributed by atoms with Gasteiger partial charge in [-0.25, -0.2) is 0 Å². The molecule has 11 heavy (non-hydrogen) atoms. The zero-order chi connectivity index (χ0) is 7.42. The zero-order valence-corrected chi connectivity index (χ0v) is 6.45. The maximum atomic E-state index is 11.2. The van der Waals surface area contributed by atoms with Crippen molar-refractivity contribution in [3.8, 4) is 0 Å². The molecule has 0 radical (unpaired) electrons. The van der Waals surface area contributed by atoms with Crippen LogP contribution in [0.4, 0.5) is 0 Å². The second-order valence-corrected chi connectivity index (χ2v) is 4.15. The number of carbonyl (C=O) groups is 1. The minimum atomic E-state index is 0.0993. The van der Waals surface area contributed by atoms with Crippen molar-refractivity contribution in [2.24, 2.45) is 17.8 Å². The van der Waals surface area contributed by atoms with Gasteiger partial charge in [-0.15, -0.1) is 0 Å². The molecule has 2 saturated heterocycles. The Morgan fingerprint density at radius 1 is 1.18 bits per heavy atom. The Morgan fingerprint density at radius 2 is 2.00 bits per heavy atom. The van der Waals surface area contributed by atoms with Gasteiger partial charge in [0, 0.05) is 0 Å². The molecule has 0 aromatic carbocycles. The highest BCUT2D eigenvalue weighted by atomic mass is 16.5. The van der Waals surface area contributed by atoms with Crippen molar-refractivity contribution in [3.63, 3.8) is 0 Å². The van der Waals surface area contributed by atoms with Crippen LogP contribution in [0.15, 0.2) is 0 Å². The molecule has 0 aromatic heterocycles. The molecular formula is C9H12O2. The first kappa shape index (κ1) is 6.04. The molecule has 3 aliphatic carbocycles. The monoisotopic (exact) mass is 152 g/mol. The lowest BCUT2D eigenvalue weighted by atomic mass is 9.61. The summed E-state index contributed by atoms with van der Waals surface area (Å²) in [7, 11) is 0. The van der Waals surface area contributed by atoms with Crippen molar-refractivity contribution < 1.29 is 9.53 Å². The summed E-state index contributed by atoms with van der Waals surface area (Å²) in [5.74, 6) is 1.80. The van der Waals surface area contributed by atoms with E-state index in [2.05, 4.69) is 0 Å². The van der Waals surface area contributed by atoms with E-state index < -0.39 is 0 Å². The van der Waals surface area contributed by atoms with Crippen LogP contribution in [0.3, 0.4) is 0 Å². The minimum absolute atomic E-state index is 0.0993. The van der Waals surface area contributed by atoms with E-state index in [0.717, 1.165) is 12.3 Å². The molecule has 2 heterocycles.